The molecule has 0 atom stereocenters. The molecule has 7 heteroatoms. The number of nitrogens with zero attached hydrogens (tertiary/aromatic N) is 2. The van der Waals surface area contributed by atoms with Crippen LogP contribution in [-0.2, 0) is 6.42 Å². The van der Waals surface area contributed by atoms with Crippen LogP contribution in [0.15, 0.2) is 82.2 Å². The maximum absolute atomic E-state index is 13.6. The Morgan fingerprint density at radius 1 is 1.05 bits per heavy atom. The first-order chi connectivity index (χ1) is 18.0. The molecule has 0 radical (unpaired) electrons. The van der Waals surface area contributed by atoms with Crippen molar-refractivity contribution in [2.24, 2.45) is 4.99 Å². The average Bonchev–Trinajstić information content (AvgIpc) is 3.30. The molecule has 186 valence electrons. The highest BCUT2D eigenvalue weighted by Crippen LogP contribution is 2.34. The fourth-order valence-electron chi connectivity index (χ4n) is 4.25. The summed E-state index contributed by atoms with van der Waals surface area (Å²) < 4.78 is 11.6. The Labute approximate surface area is 219 Å². The van der Waals surface area contributed by atoms with Gasteiger partial charge in [0.15, 0.2) is 16.5 Å². The Balaban J connectivity index is 1.58. The molecule has 3 aromatic carbocycles. The van der Waals surface area contributed by atoms with E-state index in [1.807, 2.05) is 48.5 Å². The van der Waals surface area contributed by atoms with Gasteiger partial charge in [-0.2, -0.15) is 0 Å². The van der Waals surface area contributed by atoms with E-state index in [0.717, 1.165) is 33.5 Å². The van der Waals surface area contributed by atoms with E-state index >= 15 is 0 Å². The zero-order valence-electron chi connectivity index (χ0n) is 21.2. The van der Waals surface area contributed by atoms with Crippen LogP contribution in [0.3, 0.4) is 0 Å². The molecule has 0 aliphatic heterocycles. The van der Waals surface area contributed by atoms with Crippen LogP contribution in [0.25, 0.3) is 22.2 Å². The van der Waals surface area contributed by atoms with E-state index < -0.39 is 0 Å². The van der Waals surface area contributed by atoms with E-state index in [-0.39, 0.29) is 11.5 Å². The monoisotopic (exact) mass is 509 g/mol. The number of hydrogen-bond donors (Lipinski definition) is 1. The Bertz CT molecular complexity index is 1670. The van der Waals surface area contributed by atoms with Crippen LogP contribution in [0.5, 0.6) is 5.75 Å². The third kappa shape index (κ3) is 5.04. The summed E-state index contributed by atoms with van der Waals surface area (Å²) in [7, 11) is 1.58. The van der Waals surface area contributed by atoms with Crippen LogP contribution in [0.2, 0.25) is 0 Å². The molecule has 37 heavy (non-hydrogen) atoms. The molecule has 5 rings (SSSR count). The molecular weight excluding hydrogens is 482 g/mol. The molecule has 1 amide bonds. The Morgan fingerprint density at radius 3 is 2.59 bits per heavy atom. The number of anilines is 1. The molecule has 2 aromatic heterocycles. The molecule has 0 spiro atoms. The number of methoxy groups -OCH3 is 1. The van der Waals surface area contributed by atoms with Gasteiger partial charge in [-0.3, -0.25) is 10.1 Å². The van der Waals surface area contributed by atoms with E-state index in [0.29, 0.717) is 27.7 Å². The van der Waals surface area contributed by atoms with Crippen LogP contribution in [0, 0.1) is 13.8 Å². The summed E-state index contributed by atoms with van der Waals surface area (Å²) in [6.07, 6.45) is 0.815. The van der Waals surface area contributed by atoms with Crippen molar-refractivity contribution in [2.45, 2.75) is 27.2 Å². The lowest BCUT2D eigenvalue weighted by Crippen LogP contribution is -2.21. The van der Waals surface area contributed by atoms with E-state index in [1.165, 1.54) is 16.9 Å². The summed E-state index contributed by atoms with van der Waals surface area (Å²) in [6.45, 7) is 6.26. The van der Waals surface area contributed by atoms with E-state index in [4.69, 9.17) is 14.1 Å². The lowest BCUT2D eigenvalue weighted by Gasteiger charge is -2.08. The Morgan fingerprint density at radius 2 is 1.86 bits per heavy atom. The normalized spacial score (nSPS) is 11.6. The van der Waals surface area contributed by atoms with Crippen LogP contribution in [0.1, 0.15) is 33.3 Å². The van der Waals surface area contributed by atoms with Gasteiger partial charge in [-0.15, -0.1) is 11.3 Å². The summed E-state index contributed by atoms with van der Waals surface area (Å²) in [5, 5.41) is 4.26. The van der Waals surface area contributed by atoms with E-state index in [1.54, 1.807) is 13.2 Å². The summed E-state index contributed by atoms with van der Waals surface area (Å²) in [4.78, 5) is 24.2. The highest BCUT2D eigenvalue weighted by molar-refractivity contribution is 7.16. The highest BCUT2D eigenvalue weighted by atomic mass is 32.1. The van der Waals surface area contributed by atoms with Crippen molar-refractivity contribution in [1.29, 1.82) is 0 Å². The molecule has 0 bridgehead atoms. The van der Waals surface area contributed by atoms with Crippen LogP contribution in [0.4, 0.5) is 10.8 Å². The molecule has 0 fully saturated rings. The number of carbonyl (C=O) groups is 1. The number of amides is 1. The Kier molecular flexibility index (Phi) is 6.88. The predicted molar refractivity (Wildman–Crippen MR) is 149 cm³/mol. The zero-order chi connectivity index (χ0) is 25.9. The number of para-hydroxylation sites is 2. The summed E-state index contributed by atoms with van der Waals surface area (Å²) in [5.74, 6) is 0.228. The minimum atomic E-state index is -0.341. The lowest BCUT2D eigenvalue weighted by atomic mass is 10.0. The second-order valence-electron chi connectivity index (χ2n) is 8.71. The van der Waals surface area contributed by atoms with Gasteiger partial charge in [-0.05, 0) is 50.1 Å². The van der Waals surface area contributed by atoms with Gasteiger partial charge in [0.1, 0.15) is 5.56 Å². The maximum Gasteiger partial charge on any atom is 0.262 e. The fourth-order valence-corrected chi connectivity index (χ4v) is 5.16. The van der Waals surface area contributed by atoms with Crippen molar-refractivity contribution in [3.8, 4) is 17.0 Å². The van der Waals surface area contributed by atoms with Gasteiger partial charge in [-0.25, -0.2) is 9.98 Å². The number of fused-ring (bicyclic) bond motifs is 1. The van der Waals surface area contributed by atoms with Gasteiger partial charge in [-0.1, -0.05) is 61.0 Å². The van der Waals surface area contributed by atoms with Gasteiger partial charge in [0.05, 0.1) is 18.5 Å². The largest absolute Gasteiger partial charge is 0.493 e. The van der Waals surface area contributed by atoms with E-state index in [9.17, 15) is 4.79 Å². The number of nitrogens with one attached hydrogen (secondary N) is 1. The summed E-state index contributed by atoms with van der Waals surface area (Å²) in [6, 6.07) is 23.0. The minimum Gasteiger partial charge on any atom is -0.493 e. The average molecular weight is 510 g/mol. The number of carbonyl (C=O) groups excluding carboxylic acids is 1. The second kappa shape index (κ2) is 10.4. The fraction of sp³-hybridized carbons (Fsp3) is 0.167. The number of ether oxygens (including phenoxy) is 1. The smallest absolute Gasteiger partial charge is 0.262 e. The highest BCUT2D eigenvalue weighted by Gasteiger charge is 2.19. The van der Waals surface area contributed by atoms with Crippen LogP contribution < -0.4 is 15.6 Å². The van der Waals surface area contributed by atoms with Crippen molar-refractivity contribution >= 4 is 39.0 Å². The molecule has 5 aromatic rings. The summed E-state index contributed by atoms with van der Waals surface area (Å²) >= 11 is 1.49. The number of rotatable bonds is 6. The molecule has 0 saturated heterocycles. The maximum atomic E-state index is 13.6. The topological polar surface area (TPSA) is 76.7 Å². The number of thiazole rings is 1. The van der Waals surface area contributed by atoms with Crippen molar-refractivity contribution in [3.63, 3.8) is 0 Å². The lowest BCUT2D eigenvalue weighted by molar-refractivity contribution is 0.102. The number of benzene rings is 3. The second-order valence-corrected chi connectivity index (χ2v) is 9.79. The standard InChI is InChI=1S/C30H27N3O3S/c1-5-25-26(22-15-14-18(2)16-19(22)3)32-30(37-25)33-28(34)23-17-20-10-9-13-24(35-4)27(20)36-29(23)31-21-11-7-6-8-12-21/h6-17H,5H2,1-4H3,(H,32,33,34). The molecule has 0 unspecified atom stereocenters. The van der Waals surface area contributed by atoms with Gasteiger partial charge in [0, 0.05) is 15.8 Å². The first-order valence-electron chi connectivity index (χ1n) is 12.1. The van der Waals surface area contributed by atoms with Crippen molar-refractivity contribution < 1.29 is 13.9 Å². The van der Waals surface area contributed by atoms with Crippen molar-refractivity contribution in [3.05, 3.63) is 99.9 Å². The molecule has 0 aliphatic carbocycles. The van der Waals surface area contributed by atoms with Gasteiger partial charge in [0.25, 0.3) is 5.91 Å². The van der Waals surface area contributed by atoms with Crippen LogP contribution in [-0.4, -0.2) is 18.0 Å². The van der Waals surface area contributed by atoms with Crippen molar-refractivity contribution in [1.82, 2.24) is 4.98 Å². The first kappa shape index (κ1) is 24.5. The third-order valence-corrected chi connectivity index (χ3v) is 7.18. The first-order valence-corrected chi connectivity index (χ1v) is 12.9. The Hall–Kier alpha value is -4.23. The molecule has 2 heterocycles. The number of aryl methyl sites for hydroxylation is 3. The summed E-state index contributed by atoms with van der Waals surface area (Å²) in [5.41, 5.74) is 6.05. The number of hydrogen-bond acceptors (Lipinski definition) is 6. The molecule has 1 N–H and O–H groups in total. The molecule has 0 saturated carbocycles. The van der Waals surface area contributed by atoms with Gasteiger partial charge >= 0.3 is 0 Å². The third-order valence-electron chi connectivity index (χ3n) is 6.07. The molecule has 6 nitrogen and oxygen atoms in total. The quantitative estimate of drug-likeness (QED) is 0.262. The predicted octanol–water partition coefficient (Wildman–Crippen LogP) is 7.23. The van der Waals surface area contributed by atoms with Gasteiger partial charge in [0.2, 0.25) is 5.55 Å². The van der Waals surface area contributed by atoms with Crippen LogP contribution >= 0.6 is 11.3 Å². The van der Waals surface area contributed by atoms with Crippen molar-refractivity contribution in [2.75, 3.05) is 12.4 Å². The SMILES string of the molecule is CCc1sc(NC(=O)c2cc3cccc(OC)c3oc2=Nc2ccccc2)nc1-c1ccc(C)cc1C. The molecular formula is C30H27N3O3S. The van der Waals surface area contributed by atoms with Gasteiger partial charge < -0.3 is 9.15 Å². The zero-order valence-corrected chi connectivity index (χ0v) is 22.0. The van der Waals surface area contributed by atoms with E-state index in [2.05, 4.69) is 49.3 Å². The minimum absolute atomic E-state index is 0.197. The number of aromatic nitrogens is 1. The molecule has 0 aliphatic rings.